The van der Waals surface area contributed by atoms with Crippen molar-refractivity contribution in [2.45, 2.75) is 33.6 Å². The van der Waals surface area contributed by atoms with Crippen molar-refractivity contribution in [2.75, 3.05) is 13.1 Å². The predicted octanol–water partition coefficient (Wildman–Crippen LogP) is 3.39. The Morgan fingerprint density at radius 2 is 2.00 bits per heavy atom. The third-order valence-corrected chi connectivity index (χ3v) is 2.86. The zero-order chi connectivity index (χ0) is 14.3. The van der Waals surface area contributed by atoms with E-state index in [1.807, 2.05) is 19.9 Å². The van der Waals surface area contributed by atoms with Crippen molar-refractivity contribution in [3.05, 3.63) is 35.4 Å². The number of nitrogens with zero attached hydrogens (tertiary/aromatic N) is 1. The molecule has 0 atom stereocenters. The van der Waals surface area contributed by atoms with E-state index in [9.17, 15) is 9.59 Å². The molecule has 0 aliphatic rings. The van der Waals surface area contributed by atoms with Crippen LogP contribution in [0.25, 0.3) is 0 Å². The second-order valence-corrected chi connectivity index (χ2v) is 4.46. The van der Waals surface area contributed by atoms with Gasteiger partial charge in [-0.1, -0.05) is 31.0 Å². The fourth-order valence-electron chi connectivity index (χ4n) is 1.70. The Morgan fingerprint density at radius 3 is 2.58 bits per heavy atom. The molecule has 0 heterocycles. The lowest BCUT2D eigenvalue weighted by molar-refractivity contribution is 0.0545. The zero-order valence-corrected chi connectivity index (χ0v) is 11.8. The third kappa shape index (κ3) is 4.73. The number of benzene rings is 1. The molecule has 0 N–H and O–H groups in total. The Kier molecular flexibility index (Phi) is 6.06. The molecule has 0 bridgehead atoms. The van der Waals surface area contributed by atoms with Crippen LogP contribution in [0.4, 0.5) is 4.79 Å². The number of hydrogen-bond donors (Lipinski definition) is 0. The molecular weight excluding hydrogens is 242 g/mol. The normalized spacial score (nSPS) is 10.1. The summed E-state index contributed by atoms with van der Waals surface area (Å²) in [7, 11) is 0. The number of esters is 1. The first-order valence-electron chi connectivity index (χ1n) is 6.66. The van der Waals surface area contributed by atoms with Crippen molar-refractivity contribution in [2.24, 2.45) is 0 Å². The number of unbranched alkanes of at least 4 members (excludes halogenated alkanes) is 1. The molecule has 104 valence electrons. The van der Waals surface area contributed by atoms with E-state index < -0.39 is 12.1 Å². The largest absolute Gasteiger partial charge is 0.417 e. The highest BCUT2D eigenvalue weighted by Crippen LogP contribution is 2.07. The SMILES string of the molecule is CCCCN(CC)C(=O)OC(=O)c1cccc(C)c1. The van der Waals surface area contributed by atoms with E-state index in [0.717, 1.165) is 18.4 Å². The molecule has 0 radical (unpaired) electrons. The van der Waals surface area contributed by atoms with Gasteiger partial charge in [0.25, 0.3) is 0 Å². The minimum absolute atomic E-state index is 0.403. The molecule has 0 spiro atoms. The van der Waals surface area contributed by atoms with Crippen molar-refractivity contribution >= 4 is 12.1 Å². The van der Waals surface area contributed by atoms with Gasteiger partial charge in [0.1, 0.15) is 0 Å². The molecule has 0 aromatic heterocycles. The van der Waals surface area contributed by atoms with Gasteiger partial charge in [0.2, 0.25) is 0 Å². The number of aryl methyl sites for hydroxylation is 1. The summed E-state index contributed by atoms with van der Waals surface area (Å²) in [4.78, 5) is 25.2. The van der Waals surface area contributed by atoms with E-state index in [0.29, 0.717) is 18.7 Å². The maximum atomic E-state index is 11.8. The number of ether oxygens (including phenoxy) is 1. The maximum Gasteiger partial charge on any atom is 0.417 e. The molecule has 0 saturated carbocycles. The Balaban J connectivity index is 2.62. The highest BCUT2D eigenvalue weighted by Gasteiger charge is 2.18. The van der Waals surface area contributed by atoms with Gasteiger partial charge >= 0.3 is 12.1 Å². The highest BCUT2D eigenvalue weighted by atomic mass is 16.6. The Bertz CT molecular complexity index is 443. The van der Waals surface area contributed by atoms with Crippen molar-refractivity contribution in [1.82, 2.24) is 4.90 Å². The summed E-state index contributed by atoms with van der Waals surface area (Å²) in [6.45, 7) is 6.97. The van der Waals surface area contributed by atoms with E-state index in [-0.39, 0.29) is 0 Å². The van der Waals surface area contributed by atoms with Gasteiger partial charge < -0.3 is 9.64 Å². The van der Waals surface area contributed by atoms with E-state index >= 15 is 0 Å². The van der Waals surface area contributed by atoms with E-state index in [1.165, 1.54) is 4.90 Å². The third-order valence-electron chi connectivity index (χ3n) is 2.86. The molecule has 0 aliphatic carbocycles. The van der Waals surface area contributed by atoms with Crippen LogP contribution >= 0.6 is 0 Å². The first-order valence-corrected chi connectivity index (χ1v) is 6.66. The molecule has 1 amide bonds. The van der Waals surface area contributed by atoms with Gasteiger partial charge in [-0.3, -0.25) is 0 Å². The average molecular weight is 263 g/mol. The summed E-state index contributed by atoms with van der Waals surface area (Å²) in [5, 5.41) is 0. The van der Waals surface area contributed by atoms with Gasteiger partial charge in [-0.15, -0.1) is 0 Å². The van der Waals surface area contributed by atoms with Crippen LogP contribution in [0.5, 0.6) is 0 Å². The van der Waals surface area contributed by atoms with Gasteiger partial charge in [-0.05, 0) is 32.4 Å². The van der Waals surface area contributed by atoms with E-state index in [1.54, 1.807) is 18.2 Å². The molecule has 4 nitrogen and oxygen atoms in total. The summed E-state index contributed by atoms with van der Waals surface area (Å²) in [6.07, 6.45) is 1.33. The van der Waals surface area contributed by atoms with Crippen LogP contribution in [-0.4, -0.2) is 30.1 Å². The topological polar surface area (TPSA) is 46.6 Å². The van der Waals surface area contributed by atoms with Gasteiger partial charge in [0, 0.05) is 13.1 Å². The van der Waals surface area contributed by atoms with Crippen LogP contribution in [0.2, 0.25) is 0 Å². The fourth-order valence-corrected chi connectivity index (χ4v) is 1.70. The second-order valence-electron chi connectivity index (χ2n) is 4.46. The van der Waals surface area contributed by atoms with E-state index in [2.05, 4.69) is 6.92 Å². The number of amides is 1. The molecule has 4 heteroatoms. The van der Waals surface area contributed by atoms with Gasteiger partial charge in [0.15, 0.2) is 0 Å². The lowest BCUT2D eigenvalue weighted by Crippen LogP contribution is -2.33. The molecule has 1 rings (SSSR count). The monoisotopic (exact) mass is 263 g/mol. The minimum atomic E-state index is -0.594. The predicted molar refractivity (Wildman–Crippen MR) is 74.1 cm³/mol. The molecule has 0 aliphatic heterocycles. The average Bonchev–Trinajstić information content (AvgIpc) is 2.39. The highest BCUT2D eigenvalue weighted by molar-refractivity contribution is 5.96. The van der Waals surface area contributed by atoms with Crippen LogP contribution < -0.4 is 0 Å². The molecule has 1 aromatic carbocycles. The summed E-state index contributed by atoms with van der Waals surface area (Å²) in [5.74, 6) is -0.594. The van der Waals surface area contributed by atoms with Crippen molar-refractivity contribution in [3.8, 4) is 0 Å². The van der Waals surface area contributed by atoms with Crippen LogP contribution in [-0.2, 0) is 4.74 Å². The summed E-state index contributed by atoms with van der Waals surface area (Å²) < 4.78 is 4.89. The van der Waals surface area contributed by atoms with Gasteiger partial charge in [-0.25, -0.2) is 9.59 Å². The Labute approximate surface area is 114 Å². The molecule has 0 unspecified atom stereocenters. The molecule has 0 fully saturated rings. The molecule has 1 aromatic rings. The first-order chi connectivity index (χ1) is 9.08. The standard InChI is InChI=1S/C15H21NO3/c1-4-6-10-16(5-2)15(18)19-14(17)13-9-7-8-12(3)11-13/h7-9,11H,4-6,10H2,1-3H3. The van der Waals surface area contributed by atoms with Crippen LogP contribution in [0.15, 0.2) is 24.3 Å². The smallest absolute Gasteiger partial charge is 0.372 e. The van der Waals surface area contributed by atoms with E-state index in [4.69, 9.17) is 4.74 Å². The number of hydrogen-bond acceptors (Lipinski definition) is 3. The van der Waals surface area contributed by atoms with Gasteiger partial charge in [0.05, 0.1) is 5.56 Å². The summed E-state index contributed by atoms with van der Waals surface area (Å²) >= 11 is 0. The maximum absolute atomic E-state index is 11.8. The van der Waals surface area contributed by atoms with Crippen LogP contribution in [0.1, 0.15) is 42.6 Å². The summed E-state index contributed by atoms with van der Waals surface area (Å²) in [5.41, 5.74) is 1.36. The van der Waals surface area contributed by atoms with Crippen molar-refractivity contribution < 1.29 is 14.3 Å². The fraction of sp³-hybridized carbons (Fsp3) is 0.467. The Morgan fingerprint density at radius 1 is 1.26 bits per heavy atom. The molecule has 19 heavy (non-hydrogen) atoms. The van der Waals surface area contributed by atoms with Crippen LogP contribution in [0.3, 0.4) is 0 Å². The zero-order valence-electron chi connectivity index (χ0n) is 11.8. The summed E-state index contributed by atoms with van der Waals surface area (Å²) in [6, 6.07) is 7.01. The number of carbonyl (C=O) groups is 2. The lowest BCUT2D eigenvalue weighted by Gasteiger charge is -2.19. The molecule has 0 saturated heterocycles. The number of rotatable bonds is 5. The second kappa shape index (κ2) is 7.56. The van der Waals surface area contributed by atoms with Crippen LogP contribution in [0, 0.1) is 6.92 Å². The Hall–Kier alpha value is -1.84. The number of carbonyl (C=O) groups excluding carboxylic acids is 2. The van der Waals surface area contributed by atoms with Gasteiger partial charge in [-0.2, -0.15) is 0 Å². The quantitative estimate of drug-likeness (QED) is 0.604. The first kappa shape index (κ1) is 15.2. The minimum Gasteiger partial charge on any atom is -0.372 e. The molecular formula is C15H21NO3. The van der Waals surface area contributed by atoms with Crippen molar-refractivity contribution in [1.29, 1.82) is 0 Å². The lowest BCUT2D eigenvalue weighted by atomic mass is 10.1. The van der Waals surface area contributed by atoms with Crippen molar-refractivity contribution in [3.63, 3.8) is 0 Å².